The first-order valence-electron chi connectivity index (χ1n) is 6.72. The Hall–Kier alpha value is -0.640. The Labute approximate surface area is 108 Å². The fourth-order valence-corrected chi connectivity index (χ4v) is 3.02. The van der Waals surface area contributed by atoms with E-state index in [0.717, 1.165) is 29.3 Å². The molecule has 1 N–H and O–H groups in total. The van der Waals surface area contributed by atoms with Crippen molar-refractivity contribution in [2.75, 3.05) is 11.9 Å². The van der Waals surface area contributed by atoms with Gasteiger partial charge in [-0.3, -0.25) is 0 Å². The Balaban J connectivity index is 1.77. The average molecular weight is 253 g/mol. The van der Waals surface area contributed by atoms with Crippen molar-refractivity contribution in [3.05, 3.63) is 5.82 Å². The standard InChI is InChI=1S/C13H23N3S/c1-9(2)12-15-13(17-16-12)14-8-11-6-4-10(3)5-7-11/h9-11H,4-8H2,1-3H3,(H,14,15,16). The van der Waals surface area contributed by atoms with Gasteiger partial charge in [0.2, 0.25) is 5.13 Å². The molecule has 0 spiro atoms. The van der Waals surface area contributed by atoms with Gasteiger partial charge in [0, 0.05) is 24.0 Å². The van der Waals surface area contributed by atoms with E-state index in [1.807, 2.05) is 0 Å². The first kappa shape index (κ1) is 12.8. The van der Waals surface area contributed by atoms with Crippen LogP contribution in [-0.4, -0.2) is 15.9 Å². The van der Waals surface area contributed by atoms with E-state index in [0.29, 0.717) is 5.92 Å². The molecule has 0 unspecified atom stereocenters. The Morgan fingerprint density at radius 2 is 2.00 bits per heavy atom. The zero-order chi connectivity index (χ0) is 12.3. The molecule has 3 nitrogen and oxygen atoms in total. The first-order valence-corrected chi connectivity index (χ1v) is 7.50. The summed E-state index contributed by atoms with van der Waals surface area (Å²) < 4.78 is 4.36. The van der Waals surface area contributed by atoms with Gasteiger partial charge in [-0.2, -0.15) is 4.37 Å². The van der Waals surface area contributed by atoms with Crippen LogP contribution in [0.15, 0.2) is 0 Å². The third-order valence-corrected chi connectivity index (χ3v) is 4.32. The number of nitrogens with one attached hydrogen (secondary N) is 1. The van der Waals surface area contributed by atoms with Gasteiger partial charge in [0.25, 0.3) is 0 Å². The molecule has 1 saturated carbocycles. The Morgan fingerprint density at radius 1 is 1.29 bits per heavy atom. The summed E-state index contributed by atoms with van der Waals surface area (Å²) in [6.45, 7) is 7.70. The highest BCUT2D eigenvalue weighted by Gasteiger charge is 2.18. The van der Waals surface area contributed by atoms with E-state index >= 15 is 0 Å². The van der Waals surface area contributed by atoms with Crippen LogP contribution in [0.3, 0.4) is 0 Å². The number of hydrogen-bond donors (Lipinski definition) is 1. The smallest absolute Gasteiger partial charge is 0.202 e. The quantitative estimate of drug-likeness (QED) is 0.884. The van der Waals surface area contributed by atoms with E-state index in [1.54, 1.807) is 0 Å². The number of nitrogens with zero attached hydrogens (tertiary/aromatic N) is 2. The molecule has 4 heteroatoms. The predicted octanol–water partition coefficient (Wildman–Crippen LogP) is 3.90. The summed E-state index contributed by atoms with van der Waals surface area (Å²) in [5.41, 5.74) is 0. The van der Waals surface area contributed by atoms with Crippen molar-refractivity contribution >= 4 is 16.7 Å². The molecule has 2 rings (SSSR count). The SMILES string of the molecule is CC1CCC(CNc2nc(C(C)C)ns2)CC1. The Morgan fingerprint density at radius 3 is 2.59 bits per heavy atom. The molecule has 0 atom stereocenters. The first-order chi connectivity index (χ1) is 8.15. The summed E-state index contributed by atoms with van der Waals surface area (Å²) >= 11 is 1.49. The lowest BCUT2D eigenvalue weighted by Crippen LogP contribution is -2.20. The van der Waals surface area contributed by atoms with Gasteiger partial charge in [-0.05, 0) is 24.7 Å². The fourth-order valence-electron chi connectivity index (χ4n) is 2.31. The average Bonchev–Trinajstić information content (AvgIpc) is 2.77. The summed E-state index contributed by atoms with van der Waals surface area (Å²) in [7, 11) is 0. The molecule has 1 aliphatic carbocycles. The minimum absolute atomic E-state index is 0.428. The van der Waals surface area contributed by atoms with Crippen molar-refractivity contribution in [1.82, 2.24) is 9.36 Å². The predicted molar refractivity (Wildman–Crippen MR) is 73.6 cm³/mol. The molecule has 17 heavy (non-hydrogen) atoms. The highest BCUT2D eigenvalue weighted by atomic mass is 32.1. The highest BCUT2D eigenvalue weighted by molar-refractivity contribution is 7.09. The Kier molecular flexibility index (Phi) is 4.37. The number of hydrogen-bond acceptors (Lipinski definition) is 4. The van der Waals surface area contributed by atoms with Crippen molar-refractivity contribution in [3.8, 4) is 0 Å². The number of anilines is 1. The lowest BCUT2D eigenvalue weighted by molar-refractivity contribution is 0.300. The molecule has 0 saturated heterocycles. The maximum Gasteiger partial charge on any atom is 0.202 e. The van der Waals surface area contributed by atoms with Crippen LogP contribution in [0.25, 0.3) is 0 Å². The largest absolute Gasteiger partial charge is 0.360 e. The van der Waals surface area contributed by atoms with Crippen LogP contribution in [0.4, 0.5) is 5.13 Å². The van der Waals surface area contributed by atoms with Gasteiger partial charge in [0.1, 0.15) is 5.82 Å². The summed E-state index contributed by atoms with van der Waals surface area (Å²) in [4.78, 5) is 4.51. The molecule has 0 bridgehead atoms. The molecule has 1 heterocycles. The second-order valence-corrected chi connectivity index (χ2v) is 6.37. The molecule has 1 aromatic rings. The molecular formula is C13H23N3S. The molecular weight excluding hydrogens is 230 g/mol. The molecule has 96 valence electrons. The molecule has 0 radical (unpaired) electrons. The van der Waals surface area contributed by atoms with Crippen LogP contribution in [0.2, 0.25) is 0 Å². The molecule has 0 aromatic carbocycles. The van der Waals surface area contributed by atoms with Crippen LogP contribution in [0.1, 0.15) is 58.2 Å². The maximum atomic E-state index is 4.51. The van der Waals surface area contributed by atoms with Crippen LogP contribution in [-0.2, 0) is 0 Å². The summed E-state index contributed by atoms with van der Waals surface area (Å²) in [5, 5.41) is 4.44. The van der Waals surface area contributed by atoms with Crippen LogP contribution in [0.5, 0.6) is 0 Å². The van der Waals surface area contributed by atoms with Gasteiger partial charge in [-0.1, -0.05) is 33.6 Å². The zero-order valence-electron chi connectivity index (χ0n) is 11.1. The maximum absolute atomic E-state index is 4.51. The van der Waals surface area contributed by atoms with Crippen molar-refractivity contribution < 1.29 is 0 Å². The lowest BCUT2D eigenvalue weighted by Gasteiger charge is -2.25. The van der Waals surface area contributed by atoms with Crippen LogP contribution < -0.4 is 5.32 Å². The normalized spacial score (nSPS) is 25.2. The molecule has 1 aromatic heterocycles. The number of aromatic nitrogens is 2. The molecule has 0 amide bonds. The van der Waals surface area contributed by atoms with Crippen molar-refractivity contribution in [2.45, 2.75) is 52.4 Å². The van der Waals surface area contributed by atoms with E-state index in [9.17, 15) is 0 Å². The van der Waals surface area contributed by atoms with E-state index in [4.69, 9.17) is 0 Å². The second kappa shape index (κ2) is 5.80. The van der Waals surface area contributed by atoms with Crippen LogP contribution in [0, 0.1) is 11.8 Å². The fraction of sp³-hybridized carbons (Fsp3) is 0.846. The monoisotopic (exact) mass is 253 g/mol. The minimum atomic E-state index is 0.428. The van der Waals surface area contributed by atoms with Gasteiger partial charge in [-0.25, -0.2) is 4.98 Å². The summed E-state index contributed by atoms with van der Waals surface area (Å²) in [5.74, 6) is 3.16. The minimum Gasteiger partial charge on any atom is -0.360 e. The highest BCUT2D eigenvalue weighted by Crippen LogP contribution is 2.28. The third kappa shape index (κ3) is 3.66. The summed E-state index contributed by atoms with van der Waals surface area (Å²) in [6, 6.07) is 0. The van der Waals surface area contributed by atoms with Crippen molar-refractivity contribution in [1.29, 1.82) is 0 Å². The van der Waals surface area contributed by atoms with Gasteiger partial charge in [0.05, 0.1) is 0 Å². The van der Waals surface area contributed by atoms with E-state index < -0.39 is 0 Å². The van der Waals surface area contributed by atoms with Gasteiger partial charge in [0.15, 0.2) is 0 Å². The zero-order valence-corrected chi connectivity index (χ0v) is 11.9. The lowest BCUT2D eigenvalue weighted by atomic mass is 9.83. The molecule has 1 aliphatic rings. The second-order valence-electron chi connectivity index (χ2n) is 5.62. The van der Waals surface area contributed by atoms with Gasteiger partial charge in [-0.15, -0.1) is 0 Å². The van der Waals surface area contributed by atoms with Crippen molar-refractivity contribution in [3.63, 3.8) is 0 Å². The van der Waals surface area contributed by atoms with Gasteiger partial charge < -0.3 is 5.32 Å². The third-order valence-electron chi connectivity index (χ3n) is 3.64. The van der Waals surface area contributed by atoms with Gasteiger partial charge >= 0.3 is 0 Å². The van der Waals surface area contributed by atoms with Crippen LogP contribution >= 0.6 is 11.5 Å². The van der Waals surface area contributed by atoms with E-state index in [1.165, 1.54) is 37.2 Å². The van der Waals surface area contributed by atoms with E-state index in [-0.39, 0.29) is 0 Å². The summed E-state index contributed by atoms with van der Waals surface area (Å²) in [6.07, 6.45) is 5.51. The molecule has 0 aliphatic heterocycles. The molecule has 1 fully saturated rings. The Bertz CT molecular complexity index is 340. The van der Waals surface area contributed by atoms with Crippen molar-refractivity contribution in [2.24, 2.45) is 11.8 Å². The number of rotatable bonds is 4. The van der Waals surface area contributed by atoms with E-state index in [2.05, 4.69) is 35.4 Å². The topological polar surface area (TPSA) is 37.8 Å².